The number of hydrogen-bond acceptors (Lipinski definition) is 3. The zero-order chi connectivity index (χ0) is 15.3. The maximum absolute atomic E-state index is 5.85. The van der Waals surface area contributed by atoms with Crippen LogP contribution in [0.1, 0.15) is 25.8 Å². The molecule has 0 bridgehead atoms. The van der Waals surface area contributed by atoms with Gasteiger partial charge in [0.25, 0.3) is 0 Å². The summed E-state index contributed by atoms with van der Waals surface area (Å²) in [6.45, 7) is 4.41. The third-order valence-electron chi connectivity index (χ3n) is 3.60. The average molecular weight is 284 g/mol. The molecule has 0 saturated heterocycles. The van der Waals surface area contributed by atoms with E-state index in [-0.39, 0.29) is 5.54 Å². The average Bonchev–Trinajstić information content (AvgIpc) is 2.48. The van der Waals surface area contributed by atoms with Gasteiger partial charge in [-0.15, -0.1) is 0 Å². The molecule has 0 amide bonds. The van der Waals surface area contributed by atoms with Crippen LogP contribution in [-0.4, -0.2) is 12.6 Å². The minimum atomic E-state index is -0.00301. The van der Waals surface area contributed by atoms with Gasteiger partial charge in [0.2, 0.25) is 0 Å². The molecular weight excluding hydrogens is 260 g/mol. The smallest absolute Gasteiger partial charge is 0.143 e. The third kappa shape index (κ3) is 4.42. The molecule has 0 saturated carbocycles. The van der Waals surface area contributed by atoms with Crippen LogP contribution in [0.2, 0.25) is 0 Å². The molecule has 2 rings (SSSR count). The van der Waals surface area contributed by atoms with Crippen molar-refractivity contribution in [1.82, 2.24) is 0 Å². The maximum Gasteiger partial charge on any atom is 0.143 e. The molecule has 21 heavy (non-hydrogen) atoms. The molecule has 0 aliphatic rings. The number of anilines is 2. The van der Waals surface area contributed by atoms with Crippen molar-refractivity contribution in [2.24, 2.45) is 0 Å². The number of aryl methyl sites for hydroxylation is 1. The Hall–Kier alpha value is -2.16. The van der Waals surface area contributed by atoms with Crippen LogP contribution in [0, 0.1) is 0 Å². The molecule has 3 nitrogen and oxygen atoms in total. The first kappa shape index (κ1) is 15.2. The van der Waals surface area contributed by atoms with Crippen LogP contribution in [0.4, 0.5) is 11.4 Å². The molecule has 0 fully saturated rings. The van der Waals surface area contributed by atoms with Gasteiger partial charge >= 0.3 is 0 Å². The van der Waals surface area contributed by atoms with Gasteiger partial charge in [0.05, 0.1) is 12.8 Å². The van der Waals surface area contributed by atoms with E-state index in [1.165, 1.54) is 5.56 Å². The van der Waals surface area contributed by atoms with Crippen LogP contribution in [0.3, 0.4) is 0 Å². The van der Waals surface area contributed by atoms with Crippen LogP contribution < -0.4 is 15.8 Å². The van der Waals surface area contributed by atoms with E-state index in [4.69, 9.17) is 10.5 Å². The molecule has 0 aromatic heterocycles. The molecule has 0 unspecified atom stereocenters. The number of methoxy groups -OCH3 is 1. The number of ether oxygens (including phenoxy) is 1. The van der Waals surface area contributed by atoms with Gasteiger partial charge in [-0.2, -0.15) is 0 Å². The molecule has 0 heterocycles. The van der Waals surface area contributed by atoms with Gasteiger partial charge in [0.1, 0.15) is 5.75 Å². The molecule has 112 valence electrons. The summed E-state index contributed by atoms with van der Waals surface area (Å²) in [5, 5.41) is 3.55. The lowest BCUT2D eigenvalue weighted by atomic mass is 9.95. The zero-order valence-electron chi connectivity index (χ0n) is 13.0. The summed E-state index contributed by atoms with van der Waals surface area (Å²) in [4.78, 5) is 0. The molecule has 3 heteroatoms. The Labute approximate surface area is 127 Å². The van der Waals surface area contributed by atoms with Crippen molar-refractivity contribution in [3.8, 4) is 5.75 Å². The molecular formula is C18H24N2O. The van der Waals surface area contributed by atoms with Gasteiger partial charge in [-0.1, -0.05) is 30.3 Å². The van der Waals surface area contributed by atoms with E-state index >= 15 is 0 Å². The first-order valence-electron chi connectivity index (χ1n) is 7.26. The van der Waals surface area contributed by atoms with E-state index < -0.39 is 0 Å². The normalized spacial score (nSPS) is 11.2. The van der Waals surface area contributed by atoms with E-state index in [9.17, 15) is 0 Å². The summed E-state index contributed by atoms with van der Waals surface area (Å²) >= 11 is 0. The molecule has 3 N–H and O–H groups in total. The monoisotopic (exact) mass is 284 g/mol. The standard InChI is InChI=1S/C18H24N2O/c1-18(2,12-11-14-7-5-4-6-8-14)20-15-9-10-16(19)17(13-15)21-3/h4-10,13,20H,11-12,19H2,1-3H3. The Morgan fingerprint density at radius 3 is 2.48 bits per heavy atom. The Morgan fingerprint density at radius 2 is 1.81 bits per heavy atom. The number of hydrogen-bond donors (Lipinski definition) is 2. The number of nitrogens with one attached hydrogen (secondary N) is 1. The van der Waals surface area contributed by atoms with Gasteiger partial charge in [0.15, 0.2) is 0 Å². The number of benzene rings is 2. The van der Waals surface area contributed by atoms with Crippen LogP contribution >= 0.6 is 0 Å². The molecule has 0 aliphatic carbocycles. The maximum atomic E-state index is 5.85. The highest BCUT2D eigenvalue weighted by molar-refractivity contribution is 5.61. The van der Waals surface area contributed by atoms with Crippen LogP contribution in [0.15, 0.2) is 48.5 Å². The fourth-order valence-corrected chi connectivity index (χ4v) is 2.34. The second-order valence-corrected chi connectivity index (χ2v) is 5.95. The number of nitrogen functional groups attached to an aromatic ring is 1. The van der Waals surface area contributed by atoms with Crippen molar-refractivity contribution in [1.29, 1.82) is 0 Å². The zero-order valence-corrected chi connectivity index (χ0v) is 13.0. The second kappa shape index (κ2) is 6.53. The van der Waals surface area contributed by atoms with Gasteiger partial charge in [-0.05, 0) is 44.4 Å². The highest BCUT2D eigenvalue weighted by atomic mass is 16.5. The van der Waals surface area contributed by atoms with E-state index in [2.05, 4.69) is 43.4 Å². The van der Waals surface area contributed by atoms with Crippen molar-refractivity contribution in [3.05, 3.63) is 54.1 Å². The van der Waals surface area contributed by atoms with Gasteiger partial charge in [0, 0.05) is 17.3 Å². The van der Waals surface area contributed by atoms with E-state index in [0.29, 0.717) is 11.4 Å². The van der Waals surface area contributed by atoms with Gasteiger partial charge in [-0.3, -0.25) is 0 Å². The Balaban J connectivity index is 2.00. The third-order valence-corrected chi connectivity index (χ3v) is 3.60. The number of nitrogens with two attached hydrogens (primary N) is 1. The Morgan fingerprint density at radius 1 is 1.10 bits per heavy atom. The summed E-state index contributed by atoms with van der Waals surface area (Å²) in [5.41, 5.74) is 8.89. The van der Waals surface area contributed by atoms with Crippen LogP contribution in [0.25, 0.3) is 0 Å². The quantitative estimate of drug-likeness (QED) is 0.785. The lowest BCUT2D eigenvalue weighted by molar-refractivity contribution is 0.417. The summed E-state index contributed by atoms with van der Waals surface area (Å²) in [6, 6.07) is 16.4. The van der Waals surface area contributed by atoms with Crippen molar-refractivity contribution in [2.75, 3.05) is 18.2 Å². The van der Waals surface area contributed by atoms with Gasteiger partial charge in [-0.25, -0.2) is 0 Å². The highest BCUT2D eigenvalue weighted by Gasteiger charge is 2.17. The SMILES string of the molecule is COc1cc(NC(C)(C)CCc2ccccc2)ccc1N. The lowest BCUT2D eigenvalue weighted by Crippen LogP contribution is -2.31. The minimum absolute atomic E-state index is 0.00301. The first-order valence-corrected chi connectivity index (χ1v) is 7.26. The fraction of sp³-hybridized carbons (Fsp3) is 0.333. The largest absolute Gasteiger partial charge is 0.495 e. The van der Waals surface area contributed by atoms with Crippen LogP contribution in [0.5, 0.6) is 5.75 Å². The van der Waals surface area contributed by atoms with Gasteiger partial charge < -0.3 is 15.8 Å². The molecule has 0 aliphatic heterocycles. The number of rotatable bonds is 6. The predicted octanol–water partition coefficient (Wildman–Crippen LogP) is 4.10. The van der Waals surface area contributed by atoms with E-state index in [0.717, 1.165) is 18.5 Å². The Bertz CT molecular complexity index is 579. The van der Waals surface area contributed by atoms with Crippen LogP contribution in [-0.2, 0) is 6.42 Å². The van der Waals surface area contributed by atoms with Crippen molar-refractivity contribution in [3.63, 3.8) is 0 Å². The van der Waals surface area contributed by atoms with E-state index in [1.54, 1.807) is 7.11 Å². The lowest BCUT2D eigenvalue weighted by Gasteiger charge is -2.28. The van der Waals surface area contributed by atoms with E-state index in [1.807, 2.05) is 24.3 Å². The first-order chi connectivity index (χ1) is 10.00. The fourth-order valence-electron chi connectivity index (χ4n) is 2.34. The summed E-state index contributed by atoms with van der Waals surface area (Å²) in [7, 11) is 1.63. The second-order valence-electron chi connectivity index (χ2n) is 5.95. The summed E-state index contributed by atoms with van der Waals surface area (Å²) < 4.78 is 5.26. The predicted molar refractivity (Wildman–Crippen MR) is 89.9 cm³/mol. The van der Waals surface area contributed by atoms with Crippen molar-refractivity contribution < 1.29 is 4.74 Å². The molecule has 0 spiro atoms. The molecule has 0 atom stereocenters. The molecule has 0 radical (unpaired) electrons. The Kier molecular flexibility index (Phi) is 4.73. The molecule has 2 aromatic carbocycles. The topological polar surface area (TPSA) is 47.3 Å². The highest BCUT2D eigenvalue weighted by Crippen LogP contribution is 2.28. The molecule has 2 aromatic rings. The van der Waals surface area contributed by atoms with Crippen molar-refractivity contribution >= 4 is 11.4 Å². The summed E-state index contributed by atoms with van der Waals surface area (Å²) in [5.74, 6) is 0.707. The van der Waals surface area contributed by atoms with Crippen molar-refractivity contribution in [2.45, 2.75) is 32.2 Å². The minimum Gasteiger partial charge on any atom is -0.495 e. The summed E-state index contributed by atoms with van der Waals surface area (Å²) in [6.07, 6.45) is 2.09.